The summed E-state index contributed by atoms with van der Waals surface area (Å²) in [6.45, 7) is 1.63. The van der Waals surface area contributed by atoms with Gasteiger partial charge in [-0.3, -0.25) is 9.10 Å². The van der Waals surface area contributed by atoms with Crippen LogP contribution in [-0.2, 0) is 14.8 Å². The second-order valence-electron chi connectivity index (χ2n) is 6.22. The number of hydrogen-bond donors (Lipinski definition) is 1. The molecule has 3 rings (SSSR count). The van der Waals surface area contributed by atoms with Crippen LogP contribution < -0.4 is 9.62 Å². The minimum absolute atomic E-state index is 0.136. The molecule has 0 bridgehead atoms. The molecule has 0 aliphatic rings. The number of nitrogens with one attached hydrogen (secondary N) is 1. The fourth-order valence-corrected chi connectivity index (χ4v) is 4.41. The minimum atomic E-state index is -3.89. The van der Waals surface area contributed by atoms with E-state index in [1.54, 1.807) is 54.6 Å². The lowest BCUT2D eigenvalue weighted by molar-refractivity contribution is -0.114. The highest BCUT2D eigenvalue weighted by Gasteiger charge is 2.27. The summed E-state index contributed by atoms with van der Waals surface area (Å²) < 4.78 is 28.5. The molecular weight excluding hydrogens is 487 g/mol. The molecule has 0 unspecified atom stereocenters. The molecule has 1 amide bonds. The summed E-state index contributed by atoms with van der Waals surface area (Å²) >= 11 is 2.15. The summed E-state index contributed by atoms with van der Waals surface area (Å²) in [5, 5.41) is 2.76. The zero-order valence-electron chi connectivity index (χ0n) is 15.2. The number of rotatable bonds is 6. The van der Waals surface area contributed by atoms with Gasteiger partial charge in [-0.25, -0.2) is 8.42 Å². The highest BCUT2D eigenvalue weighted by molar-refractivity contribution is 14.1. The molecule has 7 heteroatoms. The van der Waals surface area contributed by atoms with Crippen molar-refractivity contribution < 1.29 is 13.2 Å². The van der Waals surface area contributed by atoms with Crippen molar-refractivity contribution in [2.24, 2.45) is 0 Å². The van der Waals surface area contributed by atoms with Crippen molar-refractivity contribution >= 4 is 49.9 Å². The summed E-state index contributed by atoms with van der Waals surface area (Å²) in [4.78, 5) is 12.7. The molecule has 0 aromatic heterocycles. The van der Waals surface area contributed by atoms with Crippen molar-refractivity contribution in [2.45, 2.75) is 11.8 Å². The van der Waals surface area contributed by atoms with Gasteiger partial charge in [0.25, 0.3) is 10.0 Å². The van der Waals surface area contributed by atoms with Gasteiger partial charge in [-0.15, -0.1) is 0 Å². The average Bonchev–Trinajstić information content (AvgIpc) is 2.69. The largest absolute Gasteiger partial charge is 0.325 e. The number of nitrogens with zero attached hydrogens (tertiary/aromatic N) is 1. The van der Waals surface area contributed by atoms with Crippen LogP contribution in [0.5, 0.6) is 0 Å². The summed E-state index contributed by atoms with van der Waals surface area (Å²) in [5.41, 5.74) is 2.13. The molecule has 144 valence electrons. The molecule has 0 atom stereocenters. The zero-order valence-corrected chi connectivity index (χ0v) is 18.1. The van der Waals surface area contributed by atoms with E-state index in [1.165, 1.54) is 12.1 Å². The molecule has 3 aromatic rings. The van der Waals surface area contributed by atoms with Gasteiger partial charge < -0.3 is 5.32 Å². The predicted molar refractivity (Wildman–Crippen MR) is 120 cm³/mol. The summed E-state index contributed by atoms with van der Waals surface area (Å²) in [6.07, 6.45) is 0. The maximum absolute atomic E-state index is 13.2. The van der Waals surface area contributed by atoms with Crippen LogP contribution in [0.1, 0.15) is 5.56 Å². The number of sulfonamides is 1. The van der Waals surface area contributed by atoms with Crippen LogP contribution in [-0.4, -0.2) is 20.9 Å². The van der Waals surface area contributed by atoms with E-state index >= 15 is 0 Å². The van der Waals surface area contributed by atoms with Crippen molar-refractivity contribution in [2.75, 3.05) is 16.2 Å². The third-order valence-electron chi connectivity index (χ3n) is 4.07. The summed E-state index contributed by atoms with van der Waals surface area (Å²) in [6, 6.07) is 22.4. The molecule has 0 spiro atoms. The van der Waals surface area contributed by atoms with E-state index < -0.39 is 15.9 Å². The number of hydrogen-bond acceptors (Lipinski definition) is 3. The lowest BCUT2D eigenvalue weighted by Gasteiger charge is -2.24. The fraction of sp³-hybridized carbons (Fsp3) is 0.0952. The van der Waals surface area contributed by atoms with Gasteiger partial charge in [-0.1, -0.05) is 35.9 Å². The van der Waals surface area contributed by atoms with E-state index in [1.807, 2.05) is 19.1 Å². The van der Waals surface area contributed by atoms with Gasteiger partial charge in [0.15, 0.2) is 0 Å². The molecule has 0 saturated carbocycles. The first-order valence-corrected chi connectivity index (χ1v) is 11.1. The van der Waals surface area contributed by atoms with Gasteiger partial charge in [-0.2, -0.15) is 0 Å². The molecule has 0 fully saturated rings. The number of halogens is 1. The Morgan fingerprint density at radius 1 is 0.929 bits per heavy atom. The number of benzene rings is 3. The van der Waals surface area contributed by atoms with Crippen LogP contribution in [0.3, 0.4) is 0 Å². The van der Waals surface area contributed by atoms with Crippen molar-refractivity contribution in [1.82, 2.24) is 0 Å². The molecule has 0 saturated heterocycles. The number of anilines is 2. The third-order valence-corrected chi connectivity index (χ3v) is 6.58. The third kappa shape index (κ3) is 4.90. The van der Waals surface area contributed by atoms with E-state index in [2.05, 4.69) is 27.9 Å². The Kier molecular flexibility index (Phi) is 6.35. The summed E-state index contributed by atoms with van der Waals surface area (Å²) in [5.74, 6) is -0.415. The van der Waals surface area contributed by atoms with Gasteiger partial charge in [0, 0.05) is 9.26 Å². The SMILES string of the molecule is Cc1ccc(NC(=O)CN(c2ccc(I)cc2)S(=O)(=O)c2ccccc2)cc1. The van der Waals surface area contributed by atoms with Gasteiger partial charge in [-0.05, 0) is 78.0 Å². The van der Waals surface area contributed by atoms with Gasteiger partial charge >= 0.3 is 0 Å². The Labute approximate surface area is 178 Å². The van der Waals surface area contributed by atoms with E-state index in [9.17, 15) is 13.2 Å². The predicted octanol–water partition coefficient (Wildman–Crippen LogP) is 4.43. The van der Waals surface area contributed by atoms with Crippen LogP contribution in [0.25, 0.3) is 0 Å². The van der Waals surface area contributed by atoms with E-state index in [-0.39, 0.29) is 11.4 Å². The van der Waals surface area contributed by atoms with Gasteiger partial charge in [0.1, 0.15) is 6.54 Å². The normalized spacial score (nSPS) is 11.1. The molecule has 5 nitrogen and oxygen atoms in total. The van der Waals surface area contributed by atoms with E-state index in [4.69, 9.17) is 0 Å². The molecule has 1 N–H and O–H groups in total. The topological polar surface area (TPSA) is 66.5 Å². The number of amides is 1. The first kappa shape index (κ1) is 20.3. The van der Waals surface area contributed by atoms with Crippen LogP contribution in [0.15, 0.2) is 83.8 Å². The van der Waals surface area contributed by atoms with Crippen molar-refractivity contribution in [3.05, 3.63) is 88.0 Å². The summed E-state index contributed by atoms with van der Waals surface area (Å²) in [7, 11) is -3.89. The number of aryl methyl sites for hydroxylation is 1. The maximum Gasteiger partial charge on any atom is 0.264 e. The molecule has 0 heterocycles. The van der Waals surface area contributed by atoms with E-state index in [0.717, 1.165) is 13.4 Å². The lowest BCUT2D eigenvalue weighted by Crippen LogP contribution is -2.38. The maximum atomic E-state index is 13.2. The first-order valence-electron chi connectivity index (χ1n) is 8.56. The smallest absolute Gasteiger partial charge is 0.264 e. The molecule has 0 aliphatic heterocycles. The van der Waals surface area contributed by atoms with Crippen LogP contribution in [0.4, 0.5) is 11.4 Å². The molecule has 28 heavy (non-hydrogen) atoms. The quantitative estimate of drug-likeness (QED) is 0.503. The fourth-order valence-electron chi connectivity index (χ4n) is 2.61. The van der Waals surface area contributed by atoms with Crippen LogP contribution >= 0.6 is 22.6 Å². The van der Waals surface area contributed by atoms with Gasteiger partial charge in [0.2, 0.25) is 5.91 Å². The van der Waals surface area contributed by atoms with Crippen molar-refractivity contribution in [3.63, 3.8) is 0 Å². The minimum Gasteiger partial charge on any atom is -0.325 e. The Balaban J connectivity index is 1.91. The monoisotopic (exact) mass is 506 g/mol. The standard InChI is InChI=1S/C21H19IN2O3S/c1-16-7-11-18(12-8-16)23-21(25)15-24(19-13-9-17(22)10-14-19)28(26,27)20-5-3-2-4-6-20/h2-14H,15H2,1H3,(H,23,25). The second kappa shape index (κ2) is 8.74. The number of carbonyl (C=O) groups is 1. The molecule has 0 radical (unpaired) electrons. The highest BCUT2D eigenvalue weighted by atomic mass is 127. The highest BCUT2D eigenvalue weighted by Crippen LogP contribution is 2.24. The van der Waals surface area contributed by atoms with Gasteiger partial charge in [0.05, 0.1) is 10.6 Å². The Morgan fingerprint density at radius 3 is 2.14 bits per heavy atom. The Morgan fingerprint density at radius 2 is 1.54 bits per heavy atom. The molecule has 3 aromatic carbocycles. The second-order valence-corrected chi connectivity index (χ2v) is 9.32. The van der Waals surface area contributed by atoms with Crippen molar-refractivity contribution in [3.8, 4) is 0 Å². The first-order chi connectivity index (χ1) is 13.4. The van der Waals surface area contributed by atoms with E-state index in [0.29, 0.717) is 11.4 Å². The lowest BCUT2D eigenvalue weighted by atomic mass is 10.2. The van der Waals surface area contributed by atoms with Crippen LogP contribution in [0, 0.1) is 10.5 Å². The molecule has 0 aliphatic carbocycles. The Hall–Kier alpha value is -2.39. The molecular formula is C21H19IN2O3S. The van der Waals surface area contributed by atoms with Crippen LogP contribution in [0.2, 0.25) is 0 Å². The average molecular weight is 506 g/mol. The van der Waals surface area contributed by atoms with Crippen molar-refractivity contribution in [1.29, 1.82) is 0 Å². The zero-order chi connectivity index (χ0) is 20.1. The Bertz CT molecular complexity index is 1050. The number of carbonyl (C=O) groups excluding carboxylic acids is 1.